The molecule has 0 N–H and O–H groups in total. The van der Waals surface area contributed by atoms with Crippen molar-refractivity contribution in [2.45, 2.75) is 25.8 Å². The Hall–Kier alpha value is -0.900. The zero-order valence-electron chi connectivity index (χ0n) is 10.4. The highest BCUT2D eigenvalue weighted by atomic mass is 35.5. The van der Waals surface area contributed by atoms with Gasteiger partial charge in [0.2, 0.25) is 0 Å². The molecule has 96 valence electrons. The fourth-order valence-electron chi connectivity index (χ4n) is 1.63. The van der Waals surface area contributed by atoms with Gasteiger partial charge < -0.3 is 4.74 Å². The van der Waals surface area contributed by atoms with Crippen molar-refractivity contribution in [3.63, 3.8) is 0 Å². The fraction of sp³-hybridized carbons (Fsp3) is 0.357. The summed E-state index contributed by atoms with van der Waals surface area (Å²) < 4.78 is 5.55. The third-order valence-electron chi connectivity index (χ3n) is 2.48. The molecule has 18 heavy (non-hydrogen) atoms. The number of hydrogen-bond donors (Lipinski definition) is 0. The minimum Gasteiger partial charge on any atom is -0.377 e. The van der Waals surface area contributed by atoms with Crippen molar-refractivity contribution in [3.05, 3.63) is 40.9 Å². The molecule has 0 saturated heterocycles. The molecular weight excluding hydrogens is 266 g/mol. The minimum absolute atomic E-state index is 0.468. The van der Waals surface area contributed by atoms with E-state index in [1.54, 1.807) is 11.3 Å². The zero-order valence-corrected chi connectivity index (χ0v) is 11.9. The predicted molar refractivity (Wildman–Crippen MR) is 77.1 cm³/mol. The van der Waals surface area contributed by atoms with E-state index in [-0.39, 0.29) is 0 Å². The van der Waals surface area contributed by atoms with Gasteiger partial charge in [-0.15, -0.1) is 22.9 Å². The first kappa shape index (κ1) is 13.5. The number of thiazole rings is 1. The van der Waals surface area contributed by atoms with Gasteiger partial charge in [0.25, 0.3) is 0 Å². The number of alkyl halides is 1. The Morgan fingerprint density at radius 2 is 2.28 bits per heavy atom. The summed E-state index contributed by atoms with van der Waals surface area (Å²) in [5.41, 5.74) is 3.25. The van der Waals surface area contributed by atoms with Gasteiger partial charge in [-0.25, -0.2) is 4.98 Å². The van der Waals surface area contributed by atoms with E-state index in [9.17, 15) is 0 Å². The second-order valence-corrected chi connectivity index (χ2v) is 5.16. The lowest BCUT2D eigenvalue weighted by molar-refractivity contribution is 0.121. The summed E-state index contributed by atoms with van der Waals surface area (Å²) in [6, 6.07) is 8.32. The molecule has 1 aromatic carbocycles. The predicted octanol–water partition coefficient (Wildman–Crippen LogP) is 4.48. The second-order valence-electron chi connectivity index (χ2n) is 4.03. The van der Waals surface area contributed by atoms with E-state index >= 15 is 0 Å². The Morgan fingerprint density at radius 3 is 3.00 bits per heavy atom. The first-order valence-electron chi connectivity index (χ1n) is 6.01. The highest BCUT2D eigenvalue weighted by Gasteiger charge is 2.04. The third kappa shape index (κ3) is 3.55. The summed E-state index contributed by atoms with van der Waals surface area (Å²) in [4.78, 5) is 4.48. The van der Waals surface area contributed by atoms with E-state index in [0.717, 1.165) is 29.3 Å². The minimum atomic E-state index is 0.468. The van der Waals surface area contributed by atoms with Gasteiger partial charge in [0.15, 0.2) is 0 Å². The van der Waals surface area contributed by atoms with E-state index in [1.807, 2.05) is 11.4 Å². The fourth-order valence-corrected chi connectivity index (χ4v) is 2.67. The van der Waals surface area contributed by atoms with Crippen molar-refractivity contribution in [2.75, 3.05) is 6.61 Å². The largest absolute Gasteiger partial charge is 0.377 e. The summed E-state index contributed by atoms with van der Waals surface area (Å²) in [7, 11) is 0. The lowest BCUT2D eigenvalue weighted by Crippen LogP contribution is -1.94. The SMILES string of the molecule is CCCOCc1cccc(-c2nc(CCl)cs2)c1. The van der Waals surface area contributed by atoms with Crippen molar-refractivity contribution in [1.29, 1.82) is 0 Å². The first-order chi connectivity index (χ1) is 8.83. The van der Waals surface area contributed by atoms with Crippen molar-refractivity contribution in [1.82, 2.24) is 4.98 Å². The van der Waals surface area contributed by atoms with Crippen molar-refractivity contribution in [3.8, 4) is 10.6 Å². The molecule has 0 saturated carbocycles. The maximum Gasteiger partial charge on any atom is 0.123 e. The third-order valence-corrected chi connectivity index (χ3v) is 3.69. The van der Waals surface area contributed by atoms with Crippen LogP contribution in [0.2, 0.25) is 0 Å². The van der Waals surface area contributed by atoms with Gasteiger partial charge in [-0.3, -0.25) is 0 Å². The molecule has 2 nitrogen and oxygen atoms in total. The van der Waals surface area contributed by atoms with E-state index in [4.69, 9.17) is 16.3 Å². The van der Waals surface area contributed by atoms with Crippen LogP contribution < -0.4 is 0 Å². The van der Waals surface area contributed by atoms with Crippen LogP contribution >= 0.6 is 22.9 Å². The van der Waals surface area contributed by atoms with Crippen molar-refractivity contribution < 1.29 is 4.74 Å². The Bertz CT molecular complexity index is 498. The average molecular weight is 282 g/mol. The number of aromatic nitrogens is 1. The number of benzene rings is 1. The lowest BCUT2D eigenvalue weighted by Gasteiger charge is -2.04. The number of hydrogen-bond acceptors (Lipinski definition) is 3. The van der Waals surface area contributed by atoms with Crippen LogP contribution in [0.25, 0.3) is 10.6 Å². The maximum absolute atomic E-state index is 5.77. The van der Waals surface area contributed by atoms with Crippen LogP contribution in [-0.4, -0.2) is 11.6 Å². The van der Waals surface area contributed by atoms with Gasteiger partial charge in [0, 0.05) is 17.6 Å². The van der Waals surface area contributed by atoms with Crippen molar-refractivity contribution in [2.24, 2.45) is 0 Å². The Labute approximate surface area is 117 Å². The van der Waals surface area contributed by atoms with E-state index in [2.05, 4.69) is 30.1 Å². The van der Waals surface area contributed by atoms with Crippen LogP contribution in [0.15, 0.2) is 29.6 Å². The Kier molecular flexibility index (Phi) is 5.17. The van der Waals surface area contributed by atoms with Gasteiger partial charge in [-0.05, 0) is 18.1 Å². The number of ether oxygens (including phenoxy) is 1. The zero-order chi connectivity index (χ0) is 12.8. The molecule has 1 heterocycles. The Morgan fingerprint density at radius 1 is 1.39 bits per heavy atom. The quantitative estimate of drug-likeness (QED) is 0.575. The Balaban J connectivity index is 2.11. The van der Waals surface area contributed by atoms with Gasteiger partial charge in [0.1, 0.15) is 5.01 Å². The standard InChI is InChI=1S/C14H16ClNOS/c1-2-6-17-9-11-4-3-5-12(7-11)14-16-13(8-15)10-18-14/h3-5,7,10H,2,6,8-9H2,1H3. The van der Waals surface area contributed by atoms with Crippen LogP contribution in [0.1, 0.15) is 24.6 Å². The molecule has 2 rings (SSSR count). The molecule has 0 amide bonds. The monoisotopic (exact) mass is 281 g/mol. The number of nitrogens with zero attached hydrogens (tertiary/aromatic N) is 1. The summed E-state index contributed by atoms with van der Waals surface area (Å²) in [6.07, 6.45) is 1.05. The van der Waals surface area contributed by atoms with Crippen molar-refractivity contribution >= 4 is 22.9 Å². The summed E-state index contributed by atoms with van der Waals surface area (Å²) in [5.74, 6) is 0.468. The van der Waals surface area contributed by atoms with Crippen LogP contribution in [-0.2, 0) is 17.2 Å². The molecular formula is C14H16ClNOS. The number of rotatable bonds is 6. The molecule has 4 heteroatoms. The van der Waals surface area contributed by atoms with E-state index in [1.165, 1.54) is 5.56 Å². The molecule has 0 radical (unpaired) electrons. The average Bonchev–Trinajstić information content (AvgIpc) is 2.88. The summed E-state index contributed by atoms with van der Waals surface area (Å²) in [5, 5.41) is 3.02. The van der Waals surface area contributed by atoms with Crippen LogP contribution in [0.4, 0.5) is 0 Å². The normalized spacial score (nSPS) is 10.8. The van der Waals surface area contributed by atoms with Crippen LogP contribution in [0.5, 0.6) is 0 Å². The summed E-state index contributed by atoms with van der Waals surface area (Å²) >= 11 is 7.40. The molecule has 0 spiro atoms. The molecule has 0 bridgehead atoms. The molecule has 1 aromatic heterocycles. The summed E-state index contributed by atoms with van der Waals surface area (Å²) in [6.45, 7) is 3.58. The molecule has 0 fully saturated rings. The molecule has 0 atom stereocenters. The van der Waals surface area contributed by atoms with Crippen LogP contribution in [0, 0.1) is 0 Å². The smallest absolute Gasteiger partial charge is 0.123 e. The topological polar surface area (TPSA) is 22.1 Å². The van der Waals surface area contributed by atoms with Gasteiger partial charge in [-0.2, -0.15) is 0 Å². The molecule has 0 aliphatic heterocycles. The lowest BCUT2D eigenvalue weighted by atomic mass is 10.1. The molecule has 2 aromatic rings. The van der Waals surface area contributed by atoms with Gasteiger partial charge in [0.05, 0.1) is 18.2 Å². The van der Waals surface area contributed by atoms with E-state index in [0.29, 0.717) is 12.5 Å². The molecule has 0 aliphatic carbocycles. The number of halogens is 1. The van der Waals surface area contributed by atoms with Gasteiger partial charge >= 0.3 is 0 Å². The van der Waals surface area contributed by atoms with E-state index < -0.39 is 0 Å². The van der Waals surface area contributed by atoms with Crippen LogP contribution in [0.3, 0.4) is 0 Å². The highest BCUT2D eigenvalue weighted by molar-refractivity contribution is 7.13. The molecule has 0 aliphatic rings. The maximum atomic E-state index is 5.77. The molecule has 0 unspecified atom stereocenters. The van der Waals surface area contributed by atoms with Gasteiger partial charge in [-0.1, -0.05) is 25.1 Å². The second kappa shape index (κ2) is 6.88. The first-order valence-corrected chi connectivity index (χ1v) is 7.42. The highest BCUT2D eigenvalue weighted by Crippen LogP contribution is 2.25.